The summed E-state index contributed by atoms with van der Waals surface area (Å²) < 4.78 is 38.2. The molecule has 0 spiro atoms. The van der Waals surface area contributed by atoms with Crippen LogP contribution in [0.25, 0.3) is 0 Å². The molecule has 6 heteroatoms. The fourth-order valence-electron chi connectivity index (χ4n) is 1.85. The lowest BCUT2D eigenvalue weighted by molar-refractivity contribution is -0.137. The van der Waals surface area contributed by atoms with Crippen LogP contribution in [0.3, 0.4) is 0 Å². The maximum absolute atomic E-state index is 12.7. The number of halogens is 3. The standard InChI is InChI=1S/C15H13F3N2O/c1-20(2)12-8-11(15(16,17)18)9-19-13(12)14(21)10-6-4-3-5-7-10/h3-9H,1-2H3. The van der Waals surface area contributed by atoms with E-state index in [2.05, 4.69) is 4.98 Å². The highest BCUT2D eigenvalue weighted by Gasteiger charge is 2.32. The zero-order valence-corrected chi connectivity index (χ0v) is 11.5. The van der Waals surface area contributed by atoms with Gasteiger partial charge in [-0.15, -0.1) is 0 Å². The number of pyridine rings is 1. The first kappa shape index (κ1) is 15.0. The number of rotatable bonds is 3. The molecule has 0 aliphatic carbocycles. The lowest BCUT2D eigenvalue weighted by atomic mass is 10.1. The Bertz CT molecular complexity index is 652. The van der Waals surface area contributed by atoms with Gasteiger partial charge >= 0.3 is 6.18 Å². The van der Waals surface area contributed by atoms with Gasteiger partial charge in [0.05, 0.1) is 11.3 Å². The second-order valence-electron chi connectivity index (χ2n) is 4.68. The Balaban J connectivity index is 2.52. The minimum absolute atomic E-state index is 0.000741. The van der Waals surface area contributed by atoms with Crippen molar-refractivity contribution in [3.05, 3.63) is 59.4 Å². The molecule has 2 rings (SSSR count). The summed E-state index contributed by atoms with van der Waals surface area (Å²) in [4.78, 5) is 17.5. The molecule has 0 N–H and O–H groups in total. The van der Waals surface area contributed by atoms with E-state index in [1.165, 1.54) is 4.90 Å². The number of ketones is 1. The Morgan fingerprint density at radius 2 is 1.76 bits per heavy atom. The van der Waals surface area contributed by atoms with Gasteiger partial charge in [0.1, 0.15) is 5.69 Å². The first-order valence-electron chi connectivity index (χ1n) is 6.15. The summed E-state index contributed by atoms with van der Waals surface area (Å²) in [5.41, 5.74) is -0.360. The number of hydrogen-bond donors (Lipinski definition) is 0. The minimum Gasteiger partial charge on any atom is -0.376 e. The summed E-state index contributed by atoms with van der Waals surface area (Å²) in [7, 11) is 3.14. The molecule has 0 bridgehead atoms. The smallest absolute Gasteiger partial charge is 0.376 e. The number of carbonyl (C=O) groups is 1. The van der Waals surface area contributed by atoms with Crippen LogP contribution in [0.5, 0.6) is 0 Å². The van der Waals surface area contributed by atoms with Crippen LogP contribution >= 0.6 is 0 Å². The van der Waals surface area contributed by atoms with E-state index in [1.54, 1.807) is 44.4 Å². The number of benzene rings is 1. The second-order valence-corrected chi connectivity index (χ2v) is 4.68. The Morgan fingerprint density at radius 3 is 2.29 bits per heavy atom. The highest BCUT2D eigenvalue weighted by Crippen LogP contribution is 2.32. The topological polar surface area (TPSA) is 33.2 Å². The lowest BCUT2D eigenvalue weighted by Gasteiger charge is -2.18. The molecule has 0 unspecified atom stereocenters. The molecule has 0 aliphatic heterocycles. The quantitative estimate of drug-likeness (QED) is 0.813. The average molecular weight is 294 g/mol. The molecule has 0 saturated heterocycles. The van der Waals surface area contributed by atoms with E-state index in [-0.39, 0.29) is 11.4 Å². The number of aromatic nitrogens is 1. The molecule has 1 heterocycles. The third kappa shape index (κ3) is 3.21. The first-order valence-corrected chi connectivity index (χ1v) is 6.15. The molecule has 21 heavy (non-hydrogen) atoms. The molecule has 0 amide bonds. The van der Waals surface area contributed by atoms with Crippen molar-refractivity contribution >= 4 is 11.5 Å². The second kappa shape index (κ2) is 5.55. The summed E-state index contributed by atoms with van der Waals surface area (Å²) in [6.07, 6.45) is -3.81. The third-order valence-corrected chi connectivity index (χ3v) is 2.93. The van der Waals surface area contributed by atoms with Gasteiger partial charge in [-0.25, -0.2) is 4.98 Å². The van der Waals surface area contributed by atoms with Crippen molar-refractivity contribution in [2.75, 3.05) is 19.0 Å². The van der Waals surface area contributed by atoms with Crippen molar-refractivity contribution in [2.24, 2.45) is 0 Å². The van der Waals surface area contributed by atoms with Crippen LogP contribution in [0.1, 0.15) is 21.6 Å². The van der Waals surface area contributed by atoms with Gasteiger partial charge in [-0.3, -0.25) is 4.79 Å². The molecule has 0 atom stereocenters. The van der Waals surface area contributed by atoms with Crippen molar-refractivity contribution in [2.45, 2.75) is 6.18 Å². The van der Waals surface area contributed by atoms with Crippen LogP contribution < -0.4 is 4.90 Å². The fourth-order valence-corrected chi connectivity index (χ4v) is 1.85. The van der Waals surface area contributed by atoms with E-state index in [0.717, 1.165) is 6.07 Å². The third-order valence-electron chi connectivity index (χ3n) is 2.93. The Morgan fingerprint density at radius 1 is 1.14 bits per heavy atom. The Labute approximate surface area is 120 Å². The largest absolute Gasteiger partial charge is 0.417 e. The average Bonchev–Trinajstić information content (AvgIpc) is 2.45. The molecular formula is C15H13F3N2O. The summed E-state index contributed by atoms with van der Waals surface area (Å²) in [5.74, 6) is -0.409. The van der Waals surface area contributed by atoms with Crippen molar-refractivity contribution in [1.29, 1.82) is 0 Å². The zero-order valence-electron chi connectivity index (χ0n) is 11.5. The van der Waals surface area contributed by atoms with E-state index in [0.29, 0.717) is 11.8 Å². The monoisotopic (exact) mass is 294 g/mol. The lowest BCUT2D eigenvalue weighted by Crippen LogP contribution is -2.18. The van der Waals surface area contributed by atoms with Gasteiger partial charge in [0, 0.05) is 25.9 Å². The molecule has 1 aromatic carbocycles. The van der Waals surface area contributed by atoms with Gasteiger partial charge in [0.2, 0.25) is 5.78 Å². The number of nitrogens with zero attached hydrogens (tertiary/aromatic N) is 2. The molecule has 110 valence electrons. The van der Waals surface area contributed by atoms with Crippen molar-refractivity contribution < 1.29 is 18.0 Å². The predicted octanol–water partition coefficient (Wildman–Crippen LogP) is 3.40. The molecule has 3 nitrogen and oxygen atoms in total. The van der Waals surface area contributed by atoms with Gasteiger partial charge in [-0.1, -0.05) is 30.3 Å². The van der Waals surface area contributed by atoms with Crippen molar-refractivity contribution in [1.82, 2.24) is 4.98 Å². The SMILES string of the molecule is CN(C)c1cc(C(F)(F)F)cnc1C(=O)c1ccccc1. The van der Waals surface area contributed by atoms with E-state index >= 15 is 0 Å². The number of carbonyl (C=O) groups excluding carboxylic acids is 1. The number of hydrogen-bond acceptors (Lipinski definition) is 3. The normalized spacial score (nSPS) is 11.3. The number of anilines is 1. The van der Waals surface area contributed by atoms with E-state index in [9.17, 15) is 18.0 Å². The van der Waals surface area contributed by atoms with Crippen LogP contribution in [0.15, 0.2) is 42.6 Å². The van der Waals surface area contributed by atoms with Crippen LogP contribution in [0.2, 0.25) is 0 Å². The Hall–Kier alpha value is -2.37. The minimum atomic E-state index is -4.49. The number of alkyl halides is 3. The van der Waals surface area contributed by atoms with E-state index in [1.807, 2.05) is 0 Å². The Kier molecular flexibility index (Phi) is 3.97. The van der Waals surface area contributed by atoms with Gasteiger partial charge < -0.3 is 4.90 Å². The first-order chi connectivity index (χ1) is 9.80. The highest BCUT2D eigenvalue weighted by molar-refractivity contribution is 6.11. The summed E-state index contributed by atoms with van der Waals surface area (Å²) >= 11 is 0. The molecule has 0 fully saturated rings. The van der Waals surface area contributed by atoms with Crippen LogP contribution in [0, 0.1) is 0 Å². The fraction of sp³-hybridized carbons (Fsp3) is 0.200. The van der Waals surface area contributed by atoms with Crippen molar-refractivity contribution in [3.63, 3.8) is 0 Å². The molecule has 0 radical (unpaired) electrons. The molecule has 1 aromatic heterocycles. The summed E-state index contributed by atoms with van der Waals surface area (Å²) in [6, 6.07) is 9.26. The maximum Gasteiger partial charge on any atom is 0.417 e. The molecule has 2 aromatic rings. The van der Waals surface area contributed by atoms with Crippen molar-refractivity contribution in [3.8, 4) is 0 Å². The maximum atomic E-state index is 12.7. The van der Waals surface area contributed by atoms with Gasteiger partial charge in [-0.2, -0.15) is 13.2 Å². The van der Waals surface area contributed by atoms with Gasteiger partial charge in [0.25, 0.3) is 0 Å². The molecule has 0 saturated carbocycles. The van der Waals surface area contributed by atoms with Gasteiger partial charge in [-0.05, 0) is 6.07 Å². The van der Waals surface area contributed by atoms with Crippen LogP contribution in [-0.2, 0) is 6.18 Å². The van der Waals surface area contributed by atoms with Gasteiger partial charge in [0.15, 0.2) is 0 Å². The van der Waals surface area contributed by atoms with Crippen LogP contribution in [-0.4, -0.2) is 24.9 Å². The highest BCUT2D eigenvalue weighted by atomic mass is 19.4. The predicted molar refractivity (Wildman–Crippen MR) is 73.4 cm³/mol. The van der Waals surface area contributed by atoms with E-state index in [4.69, 9.17) is 0 Å². The molecule has 0 aliphatic rings. The van der Waals surface area contributed by atoms with E-state index < -0.39 is 17.5 Å². The molecular weight excluding hydrogens is 281 g/mol. The summed E-state index contributed by atoms with van der Waals surface area (Å²) in [5, 5.41) is 0. The van der Waals surface area contributed by atoms with Crippen LogP contribution in [0.4, 0.5) is 18.9 Å². The zero-order chi connectivity index (χ0) is 15.6. The summed E-state index contributed by atoms with van der Waals surface area (Å²) in [6.45, 7) is 0.